The van der Waals surface area contributed by atoms with Crippen LogP contribution in [0, 0.1) is 0 Å². The summed E-state index contributed by atoms with van der Waals surface area (Å²) in [5, 5.41) is 0. The Labute approximate surface area is 198 Å². The predicted molar refractivity (Wildman–Crippen MR) is 80.2 cm³/mol. The van der Waals surface area contributed by atoms with Crippen molar-refractivity contribution in [2.24, 2.45) is 0 Å². The van der Waals surface area contributed by atoms with Crippen LogP contribution in [-0.4, -0.2) is 145 Å². The van der Waals surface area contributed by atoms with Crippen molar-refractivity contribution >= 4 is 107 Å². The van der Waals surface area contributed by atoms with Crippen molar-refractivity contribution in [3.8, 4) is 0 Å². The zero-order valence-corrected chi connectivity index (χ0v) is 19.2. The van der Waals surface area contributed by atoms with Crippen molar-refractivity contribution in [1.82, 2.24) is 0 Å². The third kappa shape index (κ3) is 1710. The van der Waals surface area contributed by atoms with Crippen LogP contribution in [0.5, 0.6) is 0 Å². The quantitative estimate of drug-likeness (QED) is 0.106. The first kappa shape index (κ1) is 50.5. The first-order valence-corrected chi connectivity index (χ1v) is 9.39. The molecule has 0 heterocycles. The fourth-order valence-corrected chi connectivity index (χ4v) is 0. The molecule has 0 saturated heterocycles. The van der Waals surface area contributed by atoms with Gasteiger partial charge < -0.3 is 75.4 Å². The molecular formula is H20Ca2O18P4. The van der Waals surface area contributed by atoms with Crippen LogP contribution in [0.25, 0.3) is 0 Å². The van der Waals surface area contributed by atoms with E-state index in [1.165, 1.54) is 0 Å². The van der Waals surface area contributed by atoms with Gasteiger partial charge in [0.25, 0.3) is 0 Å². The van der Waals surface area contributed by atoms with Crippen LogP contribution >= 0.6 is 31.3 Å². The Morgan fingerprint density at radius 3 is 0.375 bits per heavy atom. The van der Waals surface area contributed by atoms with E-state index in [1.54, 1.807) is 0 Å². The molecule has 0 aromatic rings. The maximum absolute atomic E-state index is 8.88. The molecule has 0 aromatic carbocycles. The molecule has 18 nitrogen and oxygen atoms in total. The van der Waals surface area contributed by atoms with E-state index in [0.717, 1.165) is 0 Å². The van der Waals surface area contributed by atoms with Crippen LogP contribution < -0.4 is 0 Å². The second kappa shape index (κ2) is 22.2. The molecule has 0 fully saturated rings. The molecule has 24 heteroatoms. The van der Waals surface area contributed by atoms with Gasteiger partial charge in [0.1, 0.15) is 0 Å². The number of hydrogen-bond acceptors (Lipinski definition) is 4. The van der Waals surface area contributed by atoms with E-state index in [-0.39, 0.29) is 92.1 Å². The summed E-state index contributed by atoms with van der Waals surface area (Å²) in [4.78, 5) is 86.2. The maximum atomic E-state index is 8.88. The van der Waals surface area contributed by atoms with Crippen LogP contribution in [0.4, 0.5) is 0 Å². The van der Waals surface area contributed by atoms with Crippen molar-refractivity contribution in [3.05, 3.63) is 0 Å². The van der Waals surface area contributed by atoms with Gasteiger partial charge in [-0.2, -0.15) is 0 Å². The minimum absolute atomic E-state index is 0. The van der Waals surface area contributed by atoms with Crippen LogP contribution in [0.3, 0.4) is 0 Å². The Hall–Kier alpha value is 2.88. The molecule has 152 valence electrons. The van der Waals surface area contributed by atoms with E-state index in [1.807, 2.05) is 0 Å². The van der Waals surface area contributed by atoms with Gasteiger partial charge in [-0.05, 0) is 0 Å². The standard InChI is InChI=1S/2Ca.4H3O4P.2H2O.4H/c;;4*1-5(2,3)4;;;;;;/h;;4*(H3,1,2,3,4);2*1H2;;;;/q2*+2;;;;;;;4*-1. The molecule has 16 N–H and O–H groups in total. The van der Waals surface area contributed by atoms with Gasteiger partial charge in [0.2, 0.25) is 0 Å². The molecule has 0 spiro atoms. The van der Waals surface area contributed by atoms with Gasteiger partial charge >= 0.3 is 107 Å². The zero-order chi connectivity index (χ0) is 18.0. The topological polar surface area (TPSA) is 374 Å². The molecule has 0 atom stereocenters. The molecule has 0 saturated carbocycles. The van der Waals surface area contributed by atoms with Crippen molar-refractivity contribution < 1.29 is 93.6 Å². The summed E-state index contributed by atoms with van der Waals surface area (Å²) < 4.78 is 35.5. The summed E-state index contributed by atoms with van der Waals surface area (Å²) in [5.74, 6) is 0. The maximum Gasteiger partial charge on any atom is 2.00 e. The van der Waals surface area contributed by atoms with Crippen molar-refractivity contribution in [3.63, 3.8) is 0 Å². The predicted octanol–water partition coefficient (Wildman–Crippen LogP) is -5.68. The normalized spacial score (nSPS) is 9.83. The Kier molecular flexibility index (Phi) is 46.7. The van der Waals surface area contributed by atoms with E-state index in [0.29, 0.717) is 0 Å². The van der Waals surface area contributed by atoms with Gasteiger partial charge in [-0.15, -0.1) is 0 Å². The third-order valence-electron chi connectivity index (χ3n) is 0. The summed E-state index contributed by atoms with van der Waals surface area (Å²) in [5.41, 5.74) is 0. The molecule has 0 bridgehead atoms. The molecule has 0 radical (unpaired) electrons. The van der Waals surface area contributed by atoms with Crippen LogP contribution in [0.15, 0.2) is 0 Å². The SMILES string of the molecule is O.O.O=P(O)(O)O.O=P(O)(O)O.O=P(O)(O)O.O=P(O)(O)O.[Ca+2].[Ca+2].[H-].[H-].[H-].[H-]. The van der Waals surface area contributed by atoms with Gasteiger partial charge in [0.05, 0.1) is 0 Å². The summed E-state index contributed by atoms with van der Waals surface area (Å²) in [6.07, 6.45) is 0. The van der Waals surface area contributed by atoms with E-state index in [4.69, 9.17) is 77.0 Å². The second-order valence-corrected chi connectivity index (χ2v) is 6.16. The van der Waals surface area contributed by atoms with Gasteiger partial charge in [-0.25, -0.2) is 18.3 Å². The minimum Gasteiger partial charge on any atom is -1.00 e. The van der Waals surface area contributed by atoms with Crippen molar-refractivity contribution in [2.45, 2.75) is 0 Å². The van der Waals surface area contributed by atoms with E-state index >= 15 is 0 Å². The molecule has 24 heavy (non-hydrogen) atoms. The van der Waals surface area contributed by atoms with Gasteiger partial charge in [0.15, 0.2) is 0 Å². The average Bonchev–Trinajstić information content (AvgIpc) is 1.62. The van der Waals surface area contributed by atoms with Crippen LogP contribution in [0.1, 0.15) is 5.71 Å². The number of rotatable bonds is 0. The minimum atomic E-state index is -4.64. The molecule has 0 unspecified atom stereocenters. The molecule has 0 aliphatic heterocycles. The average molecular weight is 512 g/mol. The van der Waals surface area contributed by atoms with Crippen LogP contribution in [0.2, 0.25) is 0 Å². The van der Waals surface area contributed by atoms with Gasteiger partial charge in [-0.1, -0.05) is 0 Å². The molecule has 0 amide bonds. The fraction of sp³-hybridized carbons (Fsp3) is 0. The number of hydrogen-bond donors (Lipinski definition) is 12. The van der Waals surface area contributed by atoms with E-state index in [9.17, 15) is 0 Å². The van der Waals surface area contributed by atoms with Crippen molar-refractivity contribution in [1.29, 1.82) is 0 Å². The Balaban J connectivity index is -0.0000000111. The second-order valence-electron chi connectivity index (χ2n) is 2.05. The van der Waals surface area contributed by atoms with E-state index < -0.39 is 31.3 Å². The fourth-order valence-electron chi connectivity index (χ4n) is 0. The Morgan fingerprint density at radius 2 is 0.375 bits per heavy atom. The van der Waals surface area contributed by atoms with Gasteiger partial charge in [0, 0.05) is 0 Å². The van der Waals surface area contributed by atoms with Crippen LogP contribution in [-0.2, 0) is 18.3 Å². The largest absolute Gasteiger partial charge is 2.00 e. The summed E-state index contributed by atoms with van der Waals surface area (Å²) in [6.45, 7) is 0. The molecule has 0 rings (SSSR count). The first-order chi connectivity index (χ1) is 8.00. The van der Waals surface area contributed by atoms with Crippen molar-refractivity contribution in [2.75, 3.05) is 0 Å². The Morgan fingerprint density at radius 1 is 0.375 bits per heavy atom. The summed E-state index contributed by atoms with van der Waals surface area (Å²) >= 11 is 0. The number of phosphoric acid groups is 4. The summed E-state index contributed by atoms with van der Waals surface area (Å²) in [6, 6.07) is 0. The first-order valence-electron chi connectivity index (χ1n) is 3.13. The monoisotopic (exact) mass is 512 g/mol. The molecule has 0 aromatic heterocycles. The van der Waals surface area contributed by atoms with Gasteiger partial charge in [-0.3, -0.25) is 0 Å². The molecule has 0 aliphatic rings. The third-order valence-corrected chi connectivity index (χ3v) is 0. The summed E-state index contributed by atoms with van der Waals surface area (Å²) in [7, 11) is -18.6. The molecule has 0 aliphatic carbocycles. The zero-order valence-electron chi connectivity index (χ0n) is 15.2. The Bertz CT molecular complexity index is 306. The van der Waals surface area contributed by atoms with E-state index in [2.05, 4.69) is 0 Å². The molecular weight excluding hydrogens is 492 g/mol. The smallest absolute Gasteiger partial charge is 1.00 e.